The first-order chi connectivity index (χ1) is 12.6. The van der Waals surface area contributed by atoms with E-state index >= 15 is 0 Å². The molecule has 146 valence electrons. The zero-order valence-corrected chi connectivity index (χ0v) is 15.8. The van der Waals surface area contributed by atoms with Gasteiger partial charge in [0.05, 0.1) is 6.54 Å². The third kappa shape index (κ3) is 6.27. The van der Waals surface area contributed by atoms with E-state index in [-0.39, 0.29) is 42.5 Å². The van der Waals surface area contributed by atoms with Gasteiger partial charge < -0.3 is 10.6 Å². The van der Waals surface area contributed by atoms with Crippen LogP contribution in [0.25, 0.3) is 0 Å². The number of halogens is 3. The van der Waals surface area contributed by atoms with Crippen LogP contribution in [0.2, 0.25) is 0 Å². The Kier molecular flexibility index (Phi) is 8.16. The number of hydrogen-bond donors (Lipinski definition) is 2. The zero-order valence-electron chi connectivity index (χ0n) is 15.0. The molecule has 0 aromatic heterocycles. The highest BCUT2D eigenvalue weighted by Crippen LogP contribution is 2.22. The van der Waals surface area contributed by atoms with Crippen LogP contribution < -0.4 is 10.6 Å². The van der Waals surface area contributed by atoms with Gasteiger partial charge in [0.15, 0.2) is 0 Å². The van der Waals surface area contributed by atoms with Crippen LogP contribution in [0.1, 0.15) is 17.2 Å². The summed E-state index contributed by atoms with van der Waals surface area (Å²) < 4.78 is 26.4. The summed E-state index contributed by atoms with van der Waals surface area (Å²) in [5, 5.41) is 6.21. The summed E-state index contributed by atoms with van der Waals surface area (Å²) in [4.78, 5) is 14.4. The molecule has 4 nitrogen and oxygen atoms in total. The van der Waals surface area contributed by atoms with Gasteiger partial charge in [0.1, 0.15) is 11.6 Å². The first kappa shape index (κ1) is 21.3. The predicted octanol–water partition coefficient (Wildman–Crippen LogP) is 2.69. The topological polar surface area (TPSA) is 44.4 Å². The fourth-order valence-corrected chi connectivity index (χ4v) is 3.22. The van der Waals surface area contributed by atoms with Crippen LogP contribution in [-0.4, -0.2) is 43.5 Å². The van der Waals surface area contributed by atoms with Crippen molar-refractivity contribution >= 4 is 18.3 Å². The average Bonchev–Trinajstić information content (AvgIpc) is 2.64. The van der Waals surface area contributed by atoms with E-state index in [1.807, 2.05) is 6.07 Å². The molecule has 1 aliphatic rings. The number of amides is 1. The van der Waals surface area contributed by atoms with E-state index in [1.165, 1.54) is 24.3 Å². The van der Waals surface area contributed by atoms with Gasteiger partial charge in [-0.15, -0.1) is 12.4 Å². The van der Waals surface area contributed by atoms with Gasteiger partial charge in [-0.2, -0.15) is 0 Å². The summed E-state index contributed by atoms with van der Waals surface area (Å²) in [5.74, 6) is -0.591. The Balaban J connectivity index is 0.00000261. The minimum atomic E-state index is -0.267. The van der Waals surface area contributed by atoms with Crippen molar-refractivity contribution in [1.82, 2.24) is 15.5 Å². The van der Waals surface area contributed by atoms with Gasteiger partial charge in [0.25, 0.3) is 0 Å². The number of nitrogens with one attached hydrogen (secondary N) is 2. The molecular formula is C20H24ClF2N3O. The second-order valence-electron chi connectivity index (χ2n) is 6.47. The number of nitrogens with zero attached hydrogens (tertiary/aromatic N) is 1. The SMILES string of the molecule is Cl.O=C(CN1CCNCC1c1cccc(F)c1)NCCc1ccc(F)cc1. The van der Waals surface area contributed by atoms with E-state index in [0.29, 0.717) is 19.5 Å². The highest BCUT2D eigenvalue weighted by Gasteiger charge is 2.25. The molecule has 0 radical (unpaired) electrons. The smallest absolute Gasteiger partial charge is 0.234 e. The summed E-state index contributed by atoms with van der Waals surface area (Å²) in [5.41, 5.74) is 1.85. The van der Waals surface area contributed by atoms with Crippen LogP contribution in [0.3, 0.4) is 0 Å². The van der Waals surface area contributed by atoms with Crippen molar-refractivity contribution in [3.8, 4) is 0 Å². The van der Waals surface area contributed by atoms with Crippen LogP contribution in [0.15, 0.2) is 48.5 Å². The minimum absolute atomic E-state index is 0. The maximum atomic E-state index is 13.5. The Morgan fingerprint density at radius 3 is 2.67 bits per heavy atom. The van der Waals surface area contributed by atoms with E-state index < -0.39 is 0 Å². The van der Waals surface area contributed by atoms with E-state index in [4.69, 9.17) is 0 Å². The number of carbonyl (C=O) groups excluding carboxylic acids is 1. The van der Waals surface area contributed by atoms with E-state index in [1.54, 1.807) is 18.2 Å². The van der Waals surface area contributed by atoms with Crippen LogP contribution in [0.5, 0.6) is 0 Å². The molecule has 3 rings (SSSR count). The fraction of sp³-hybridized carbons (Fsp3) is 0.350. The molecule has 2 aromatic rings. The average molecular weight is 396 g/mol. The van der Waals surface area contributed by atoms with Crippen molar-refractivity contribution in [2.45, 2.75) is 12.5 Å². The number of carbonyl (C=O) groups is 1. The normalized spacial score (nSPS) is 17.2. The molecule has 1 atom stereocenters. The van der Waals surface area contributed by atoms with Crippen molar-refractivity contribution in [2.75, 3.05) is 32.7 Å². The van der Waals surface area contributed by atoms with Gasteiger partial charge in [-0.3, -0.25) is 9.69 Å². The molecule has 2 aromatic carbocycles. The van der Waals surface area contributed by atoms with Crippen LogP contribution >= 0.6 is 12.4 Å². The number of rotatable bonds is 6. The minimum Gasteiger partial charge on any atom is -0.355 e. The standard InChI is InChI=1S/C20H23F2N3O.ClH/c21-17-6-4-15(5-7-17)8-9-24-20(26)14-25-11-10-23-13-19(25)16-2-1-3-18(22)12-16;/h1-7,12,19,23H,8-11,13-14H2,(H,24,26);1H. The summed E-state index contributed by atoms with van der Waals surface area (Å²) in [6.45, 7) is 2.99. The Labute approximate surface area is 164 Å². The first-order valence-corrected chi connectivity index (χ1v) is 8.83. The van der Waals surface area contributed by atoms with Gasteiger partial charge in [0.2, 0.25) is 5.91 Å². The third-order valence-electron chi connectivity index (χ3n) is 4.58. The quantitative estimate of drug-likeness (QED) is 0.790. The molecular weight excluding hydrogens is 372 g/mol. The second kappa shape index (κ2) is 10.3. The predicted molar refractivity (Wildman–Crippen MR) is 104 cm³/mol. The van der Waals surface area contributed by atoms with Gasteiger partial charge >= 0.3 is 0 Å². The molecule has 0 aliphatic carbocycles. The lowest BCUT2D eigenvalue weighted by Crippen LogP contribution is -2.49. The Morgan fingerprint density at radius 1 is 1.15 bits per heavy atom. The van der Waals surface area contributed by atoms with Crippen molar-refractivity contribution in [3.63, 3.8) is 0 Å². The molecule has 7 heteroatoms. The lowest BCUT2D eigenvalue weighted by molar-refractivity contribution is -0.123. The van der Waals surface area contributed by atoms with Crippen LogP contribution in [0, 0.1) is 11.6 Å². The largest absolute Gasteiger partial charge is 0.355 e. The van der Waals surface area contributed by atoms with E-state index in [0.717, 1.165) is 24.2 Å². The highest BCUT2D eigenvalue weighted by atomic mass is 35.5. The van der Waals surface area contributed by atoms with E-state index in [2.05, 4.69) is 15.5 Å². The van der Waals surface area contributed by atoms with Gasteiger partial charge in [-0.05, 0) is 41.8 Å². The van der Waals surface area contributed by atoms with Crippen molar-refractivity contribution < 1.29 is 13.6 Å². The fourth-order valence-electron chi connectivity index (χ4n) is 3.22. The molecule has 1 unspecified atom stereocenters. The molecule has 27 heavy (non-hydrogen) atoms. The van der Waals surface area contributed by atoms with Crippen molar-refractivity contribution in [3.05, 3.63) is 71.3 Å². The molecule has 1 saturated heterocycles. The molecule has 1 aliphatic heterocycles. The number of piperazine rings is 1. The highest BCUT2D eigenvalue weighted by molar-refractivity contribution is 5.85. The van der Waals surface area contributed by atoms with Gasteiger partial charge in [0, 0.05) is 32.2 Å². The molecule has 1 fully saturated rings. The van der Waals surface area contributed by atoms with Crippen LogP contribution in [0.4, 0.5) is 8.78 Å². The first-order valence-electron chi connectivity index (χ1n) is 8.83. The third-order valence-corrected chi connectivity index (χ3v) is 4.58. The summed E-state index contributed by atoms with van der Waals surface area (Å²) in [6, 6.07) is 12.8. The number of hydrogen-bond acceptors (Lipinski definition) is 3. The molecule has 0 saturated carbocycles. The lowest BCUT2D eigenvalue weighted by atomic mass is 10.0. The Hall–Kier alpha value is -2.02. The monoisotopic (exact) mass is 395 g/mol. The van der Waals surface area contributed by atoms with Crippen LogP contribution in [-0.2, 0) is 11.2 Å². The number of benzene rings is 2. The summed E-state index contributed by atoms with van der Waals surface area (Å²) in [7, 11) is 0. The maximum Gasteiger partial charge on any atom is 0.234 e. The zero-order chi connectivity index (χ0) is 18.4. The molecule has 2 N–H and O–H groups in total. The van der Waals surface area contributed by atoms with Crippen molar-refractivity contribution in [2.24, 2.45) is 0 Å². The summed E-state index contributed by atoms with van der Waals surface area (Å²) >= 11 is 0. The Morgan fingerprint density at radius 2 is 1.93 bits per heavy atom. The summed E-state index contributed by atoms with van der Waals surface area (Å²) in [6.07, 6.45) is 0.654. The van der Waals surface area contributed by atoms with Crippen molar-refractivity contribution in [1.29, 1.82) is 0 Å². The van der Waals surface area contributed by atoms with Gasteiger partial charge in [-0.25, -0.2) is 8.78 Å². The van der Waals surface area contributed by atoms with Gasteiger partial charge in [-0.1, -0.05) is 24.3 Å². The van der Waals surface area contributed by atoms with E-state index in [9.17, 15) is 13.6 Å². The molecule has 1 heterocycles. The molecule has 1 amide bonds. The second-order valence-corrected chi connectivity index (χ2v) is 6.47. The Bertz CT molecular complexity index is 742. The molecule has 0 spiro atoms. The lowest BCUT2D eigenvalue weighted by Gasteiger charge is -2.36. The molecule has 0 bridgehead atoms. The maximum absolute atomic E-state index is 13.5.